The van der Waals surface area contributed by atoms with Gasteiger partial charge < -0.3 is 15.0 Å². The third kappa shape index (κ3) is 5.29. The van der Waals surface area contributed by atoms with E-state index in [0.29, 0.717) is 61.2 Å². The van der Waals surface area contributed by atoms with Crippen molar-refractivity contribution in [2.75, 3.05) is 43.0 Å². The zero-order valence-corrected chi connectivity index (χ0v) is 22.9. The molecule has 1 saturated heterocycles. The van der Waals surface area contributed by atoms with E-state index in [1.165, 1.54) is 6.07 Å². The number of benzene rings is 2. The number of allylic oxidation sites excluding steroid dienone is 2. The Morgan fingerprint density at radius 1 is 1.12 bits per heavy atom. The average molecular weight is 544 g/mol. The number of fused-ring (bicyclic) bond motifs is 1. The molecule has 0 radical (unpaired) electrons. The molecule has 0 saturated carbocycles. The summed E-state index contributed by atoms with van der Waals surface area (Å²) < 4.78 is 21.3. The summed E-state index contributed by atoms with van der Waals surface area (Å²) in [5, 5.41) is 3.35. The molecule has 3 heterocycles. The van der Waals surface area contributed by atoms with Gasteiger partial charge in [-0.1, -0.05) is 54.6 Å². The van der Waals surface area contributed by atoms with Crippen LogP contribution in [0.2, 0.25) is 0 Å². The van der Waals surface area contributed by atoms with Gasteiger partial charge in [-0.05, 0) is 25.5 Å². The lowest BCUT2D eigenvalue weighted by molar-refractivity contribution is -0.138. The first-order valence-electron chi connectivity index (χ1n) is 13.6. The molecule has 1 unspecified atom stereocenters. The van der Waals surface area contributed by atoms with Crippen molar-refractivity contribution in [2.24, 2.45) is 0 Å². The summed E-state index contributed by atoms with van der Waals surface area (Å²) >= 11 is 0. The number of nitrogens with zero attached hydrogens (tertiary/aromatic N) is 4. The lowest BCUT2D eigenvalue weighted by Gasteiger charge is -2.39. The number of hydrogen-bond acceptors (Lipinski definition) is 7. The van der Waals surface area contributed by atoms with Gasteiger partial charge in [0.1, 0.15) is 17.5 Å². The maximum absolute atomic E-state index is 14.3. The second-order valence-electron chi connectivity index (χ2n) is 9.96. The van der Waals surface area contributed by atoms with Gasteiger partial charge in [0.05, 0.1) is 18.1 Å². The molecule has 1 aromatic heterocycles. The molecule has 1 fully saturated rings. The smallest absolute Gasteiger partial charge is 0.351 e. The van der Waals surface area contributed by atoms with Gasteiger partial charge in [-0.3, -0.25) is 9.47 Å². The summed E-state index contributed by atoms with van der Waals surface area (Å²) in [7, 11) is 0. The Bertz CT molecular complexity index is 1490. The van der Waals surface area contributed by atoms with Crippen LogP contribution >= 0.6 is 0 Å². The van der Waals surface area contributed by atoms with Crippen molar-refractivity contribution in [3.63, 3.8) is 0 Å². The SMILES string of the molecule is C=CCn1c2c(c(N3CCN(Cc4ccccc4F)CC3)nc1=O)C(c1ccccc1)C(C(=O)OCC)=C(C)N2. The van der Waals surface area contributed by atoms with Crippen molar-refractivity contribution in [3.05, 3.63) is 112 Å². The van der Waals surface area contributed by atoms with E-state index in [-0.39, 0.29) is 19.0 Å². The van der Waals surface area contributed by atoms with Gasteiger partial charge in [-0.2, -0.15) is 4.98 Å². The second kappa shape index (κ2) is 11.9. The van der Waals surface area contributed by atoms with E-state index in [0.717, 1.165) is 11.1 Å². The van der Waals surface area contributed by atoms with Gasteiger partial charge in [-0.25, -0.2) is 14.0 Å². The lowest BCUT2D eigenvalue weighted by atomic mass is 9.81. The predicted octanol–water partition coefficient (Wildman–Crippen LogP) is 4.29. The fraction of sp³-hybridized carbons (Fsp3) is 0.323. The highest BCUT2D eigenvalue weighted by molar-refractivity contribution is 5.95. The molecule has 0 spiro atoms. The number of carbonyl (C=O) groups is 1. The Balaban J connectivity index is 1.58. The first kappa shape index (κ1) is 27.3. The first-order chi connectivity index (χ1) is 19.4. The van der Waals surface area contributed by atoms with Crippen LogP contribution in [0.5, 0.6) is 0 Å². The van der Waals surface area contributed by atoms with Gasteiger partial charge in [0.25, 0.3) is 0 Å². The van der Waals surface area contributed by atoms with E-state index in [4.69, 9.17) is 4.74 Å². The number of carbonyl (C=O) groups excluding carboxylic acids is 1. The van der Waals surface area contributed by atoms with Crippen molar-refractivity contribution in [1.82, 2.24) is 14.5 Å². The number of hydrogen-bond donors (Lipinski definition) is 1. The number of ether oxygens (including phenoxy) is 1. The molecule has 1 N–H and O–H groups in total. The largest absolute Gasteiger partial charge is 0.463 e. The quantitative estimate of drug-likeness (QED) is 0.336. The van der Waals surface area contributed by atoms with Crippen LogP contribution in [-0.4, -0.2) is 53.2 Å². The van der Waals surface area contributed by atoms with E-state index >= 15 is 0 Å². The van der Waals surface area contributed by atoms with E-state index < -0.39 is 17.6 Å². The van der Waals surface area contributed by atoms with Gasteiger partial charge >= 0.3 is 11.7 Å². The van der Waals surface area contributed by atoms with E-state index in [9.17, 15) is 14.0 Å². The van der Waals surface area contributed by atoms with Gasteiger partial charge in [0.15, 0.2) is 0 Å². The summed E-state index contributed by atoms with van der Waals surface area (Å²) in [6.07, 6.45) is 1.66. The Labute approximate surface area is 233 Å². The normalized spacial score (nSPS) is 17.3. The monoisotopic (exact) mass is 543 g/mol. The molecule has 2 aromatic carbocycles. The second-order valence-corrected chi connectivity index (χ2v) is 9.96. The molecule has 8 nitrogen and oxygen atoms in total. The first-order valence-corrected chi connectivity index (χ1v) is 13.6. The lowest BCUT2D eigenvalue weighted by Crippen LogP contribution is -2.48. The molecule has 0 bridgehead atoms. The van der Waals surface area contributed by atoms with E-state index in [2.05, 4.69) is 26.7 Å². The van der Waals surface area contributed by atoms with Crippen molar-refractivity contribution >= 4 is 17.6 Å². The summed E-state index contributed by atoms with van der Waals surface area (Å²) in [4.78, 5) is 35.5. The van der Waals surface area contributed by atoms with Crippen LogP contribution in [-0.2, 0) is 22.6 Å². The maximum Gasteiger partial charge on any atom is 0.351 e. The number of piperazine rings is 1. The highest BCUT2D eigenvalue weighted by atomic mass is 19.1. The maximum atomic E-state index is 14.3. The van der Waals surface area contributed by atoms with Crippen LogP contribution in [0.4, 0.5) is 16.0 Å². The van der Waals surface area contributed by atoms with E-state index in [1.807, 2.05) is 43.3 Å². The number of esters is 1. The number of rotatable bonds is 8. The molecule has 2 aliphatic heterocycles. The van der Waals surface area contributed by atoms with Crippen LogP contribution in [0.3, 0.4) is 0 Å². The van der Waals surface area contributed by atoms with Crippen LogP contribution < -0.4 is 15.9 Å². The third-order valence-electron chi connectivity index (χ3n) is 7.45. The predicted molar refractivity (Wildman–Crippen MR) is 154 cm³/mol. The summed E-state index contributed by atoms with van der Waals surface area (Å²) in [6, 6.07) is 16.6. The Morgan fingerprint density at radius 3 is 2.50 bits per heavy atom. The van der Waals surface area contributed by atoms with Crippen molar-refractivity contribution in [1.29, 1.82) is 0 Å². The van der Waals surface area contributed by atoms with Crippen LogP contribution in [0.25, 0.3) is 0 Å². The Morgan fingerprint density at radius 2 is 1.82 bits per heavy atom. The minimum Gasteiger partial charge on any atom is -0.463 e. The molecule has 208 valence electrons. The zero-order valence-electron chi connectivity index (χ0n) is 22.9. The third-order valence-corrected chi connectivity index (χ3v) is 7.45. The van der Waals surface area contributed by atoms with Crippen LogP contribution in [0.1, 0.15) is 36.5 Å². The molecule has 2 aliphatic rings. The average Bonchev–Trinajstić information content (AvgIpc) is 2.96. The van der Waals surface area contributed by atoms with Crippen molar-refractivity contribution in [2.45, 2.75) is 32.9 Å². The summed E-state index contributed by atoms with van der Waals surface area (Å²) in [5.74, 6) is 0.0303. The minimum atomic E-state index is -0.493. The topological polar surface area (TPSA) is 79.7 Å². The standard InChI is InChI=1S/C31H34FN5O3/c1-4-15-37-29-27(26(22-11-7-6-8-12-22)25(21(3)33-29)30(38)40-5-2)28(34-31(37)39)36-18-16-35(17-19-36)20-23-13-9-10-14-24(23)32/h4,6-14,26,33H,1,5,15-20H2,2-3H3. The molecular weight excluding hydrogens is 509 g/mol. The number of nitrogens with one attached hydrogen (secondary N) is 1. The molecule has 9 heteroatoms. The van der Waals surface area contributed by atoms with Crippen LogP contribution in [0, 0.1) is 5.82 Å². The molecule has 5 rings (SSSR count). The molecular formula is C31H34FN5O3. The Kier molecular flexibility index (Phi) is 8.11. The molecule has 0 amide bonds. The van der Waals surface area contributed by atoms with Gasteiger partial charge in [0.2, 0.25) is 0 Å². The number of halogens is 1. The molecule has 1 atom stereocenters. The highest BCUT2D eigenvalue weighted by Gasteiger charge is 2.39. The van der Waals surface area contributed by atoms with Gasteiger partial charge in [-0.15, -0.1) is 6.58 Å². The van der Waals surface area contributed by atoms with Crippen molar-refractivity contribution < 1.29 is 13.9 Å². The Hall–Kier alpha value is -4.24. The fourth-order valence-electron chi connectivity index (χ4n) is 5.55. The molecule has 3 aromatic rings. The van der Waals surface area contributed by atoms with Gasteiger partial charge in [0, 0.05) is 56.1 Å². The number of aromatic nitrogens is 2. The minimum absolute atomic E-state index is 0.211. The van der Waals surface area contributed by atoms with Crippen LogP contribution in [0.15, 0.2) is 83.3 Å². The fourth-order valence-corrected chi connectivity index (χ4v) is 5.55. The zero-order chi connectivity index (χ0) is 28.2. The summed E-state index contributed by atoms with van der Waals surface area (Å²) in [6.45, 7) is 11.0. The van der Waals surface area contributed by atoms with Crippen molar-refractivity contribution in [3.8, 4) is 0 Å². The molecule has 40 heavy (non-hydrogen) atoms. The number of anilines is 2. The highest BCUT2D eigenvalue weighted by Crippen LogP contribution is 2.45. The molecule has 0 aliphatic carbocycles. The van der Waals surface area contributed by atoms with E-state index in [1.54, 1.807) is 29.7 Å². The summed E-state index contributed by atoms with van der Waals surface area (Å²) in [5.41, 5.74) is 3.04.